The molecule has 1 heterocycles. The highest BCUT2D eigenvalue weighted by Crippen LogP contribution is 2.33. The van der Waals surface area contributed by atoms with Crippen LogP contribution in [0.2, 0.25) is 0 Å². The number of fused-ring (bicyclic) bond motifs is 1. The summed E-state index contributed by atoms with van der Waals surface area (Å²) in [6.07, 6.45) is 3.41. The number of aryl methyl sites for hydroxylation is 1. The van der Waals surface area contributed by atoms with Crippen LogP contribution in [0.3, 0.4) is 0 Å². The Morgan fingerprint density at radius 1 is 1.44 bits per heavy atom. The minimum absolute atomic E-state index is 0.00533. The molecule has 3 rings (SSSR count). The number of ketones is 1. The van der Waals surface area contributed by atoms with Crippen molar-refractivity contribution in [2.45, 2.75) is 38.2 Å². The van der Waals surface area contributed by atoms with Crippen LogP contribution in [0.15, 0.2) is 18.2 Å². The molecule has 18 heavy (non-hydrogen) atoms. The molecule has 3 heteroatoms. The molecule has 0 amide bonds. The maximum absolute atomic E-state index is 11.8. The fraction of sp³-hybridized carbons (Fsp3) is 0.533. The predicted molar refractivity (Wildman–Crippen MR) is 67.7 cm³/mol. The largest absolute Gasteiger partial charge is 0.493 e. The van der Waals surface area contributed by atoms with E-state index in [1.54, 1.807) is 0 Å². The monoisotopic (exact) mass is 246 g/mol. The first-order valence-corrected chi connectivity index (χ1v) is 6.69. The molecular weight excluding hydrogens is 228 g/mol. The van der Waals surface area contributed by atoms with Crippen LogP contribution in [0.25, 0.3) is 0 Å². The van der Waals surface area contributed by atoms with Crippen LogP contribution in [0, 0.1) is 5.92 Å². The Bertz CT molecular complexity index is 463. The molecule has 1 saturated carbocycles. The van der Waals surface area contributed by atoms with Gasteiger partial charge in [0, 0.05) is 12.8 Å². The highest BCUT2D eigenvalue weighted by molar-refractivity contribution is 5.83. The van der Waals surface area contributed by atoms with Crippen molar-refractivity contribution in [3.05, 3.63) is 29.3 Å². The van der Waals surface area contributed by atoms with Gasteiger partial charge in [0.25, 0.3) is 0 Å². The number of carbonyl (C=O) groups is 1. The average molecular weight is 246 g/mol. The fourth-order valence-corrected chi connectivity index (χ4v) is 2.49. The fourth-order valence-electron chi connectivity index (χ4n) is 2.49. The van der Waals surface area contributed by atoms with Crippen LogP contribution in [0.4, 0.5) is 0 Å². The lowest BCUT2D eigenvalue weighted by molar-refractivity contribution is -0.128. The number of aliphatic hydroxyl groups excluding tert-OH is 1. The zero-order chi connectivity index (χ0) is 12.5. The number of Topliss-reactive ketones (excluding diaryl/α,β-unsaturated/α-hetero) is 1. The summed E-state index contributed by atoms with van der Waals surface area (Å²) in [7, 11) is 0. The number of ether oxygens (including phenoxy) is 1. The van der Waals surface area contributed by atoms with E-state index in [-0.39, 0.29) is 11.7 Å². The first-order chi connectivity index (χ1) is 8.74. The number of benzene rings is 1. The molecule has 1 aliphatic carbocycles. The van der Waals surface area contributed by atoms with Gasteiger partial charge < -0.3 is 9.84 Å². The lowest BCUT2D eigenvalue weighted by atomic mass is 10.0. The van der Waals surface area contributed by atoms with Crippen LogP contribution >= 0.6 is 0 Å². The molecule has 1 atom stereocenters. The maximum Gasteiger partial charge on any atom is 0.161 e. The van der Waals surface area contributed by atoms with Crippen molar-refractivity contribution >= 4 is 5.78 Å². The standard InChI is InChI=1S/C15H18O3/c16-13(15(17)11-3-4-11)5-1-10-2-6-14-12(9-10)7-8-18-14/h2,6,9,11,15,17H,1,3-5,7-8H2. The zero-order valence-electron chi connectivity index (χ0n) is 10.4. The predicted octanol–water partition coefficient (Wildman–Crippen LogP) is 1.89. The number of rotatable bonds is 5. The first kappa shape index (κ1) is 11.7. The third-order valence-corrected chi connectivity index (χ3v) is 3.81. The van der Waals surface area contributed by atoms with E-state index in [2.05, 4.69) is 6.07 Å². The summed E-state index contributed by atoms with van der Waals surface area (Å²) >= 11 is 0. The van der Waals surface area contributed by atoms with Crippen LogP contribution in [-0.4, -0.2) is 23.6 Å². The summed E-state index contributed by atoms with van der Waals surface area (Å²) in [4.78, 5) is 11.8. The van der Waals surface area contributed by atoms with Gasteiger partial charge in [-0.3, -0.25) is 4.79 Å². The Balaban J connectivity index is 1.58. The Labute approximate surface area is 107 Å². The van der Waals surface area contributed by atoms with Crippen LogP contribution in [-0.2, 0) is 17.6 Å². The van der Waals surface area contributed by atoms with Gasteiger partial charge in [0.1, 0.15) is 11.9 Å². The average Bonchev–Trinajstić information content (AvgIpc) is 3.13. The molecule has 0 spiro atoms. The van der Waals surface area contributed by atoms with Crippen molar-refractivity contribution in [3.8, 4) is 5.75 Å². The van der Waals surface area contributed by atoms with Gasteiger partial charge in [-0.25, -0.2) is 0 Å². The number of carbonyl (C=O) groups excluding carboxylic acids is 1. The van der Waals surface area contributed by atoms with Crippen molar-refractivity contribution in [2.24, 2.45) is 5.92 Å². The third kappa shape index (κ3) is 2.41. The lowest BCUT2D eigenvalue weighted by Crippen LogP contribution is -2.22. The van der Waals surface area contributed by atoms with Crippen LogP contribution in [0.5, 0.6) is 5.75 Å². The number of aliphatic hydroxyl groups is 1. The second kappa shape index (κ2) is 4.73. The van der Waals surface area contributed by atoms with E-state index in [1.807, 2.05) is 12.1 Å². The minimum Gasteiger partial charge on any atom is -0.493 e. The van der Waals surface area contributed by atoms with Crippen molar-refractivity contribution in [1.82, 2.24) is 0 Å². The second-order valence-corrected chi connectivity index (χ2v) is 5.29. The molecular formula is C15H18O3. The quantitative estimate of drug-likeness (QED) is 0.863. The molecule has 0 bridgehead atoms. The van der Waals surface area contributed by atoms with E-state index in [9.17, 15) is 9.90 Å². The lowest BCUT2D eigenvalue weighted by Gasteiger charge is -2.08. The molecule has 1 aromatic carbocycles. The molecule has 0 radical (unpaired) electrons. The minimum atomic E-state index is -0.720. The number of hydrogen-bond acceptors (Lipinski definition) is 3. The summed E-state index contributed by atoms with van der Waals surface area (Å²) in [5.41, 5.74) is 2.40. The highest BCUT2D eigenvalue weighted by atomic mass is 16.5. The van der Waals surface area contributed by atoms with E-state index in [4.69, 9.17) is 4.74 Å². The smallest absolute Gasteiger partial charge is 0.161 e. The summed E-state index contributed by atoms with van der Waals surface area (Å²) in [5, 5.41) is 9.72. The normalized spacial score (nSPS) is 19.2. The molecule has 3 nitrogen and oxygen atoms in total. The molecule has 2 aliphatic rings. The van der Waals surface area contributed by atoms with Crippen molar-refractivity contribution < 1.29 is 14.6 Å². The van der Waals surface area contributed by atoms with E-state index in [0.29, 0.717) is 6.42 Å². The second-order valence-electron chi connectivity index (χ2n) is 5.29. The number of hydrogen-bond donors (Lipinski definition) is 1. The van der Waals surface area contributed by atoms with E-state index in [1.165, 1.54) is 5.56 Å². The summed E-state index contributed by atoms with van der Waals surface area (Å²) in [5.74, 6) is 1.21. The van der Waals surface area contributed by atoms with Gasteiger partial charge in [-0.05, 0) is 42.4 Å². The van der Waals surface area contributed by atoms with Gasteiger partial charge in [-0.15, -0.1) is 0 Å². The van der Waals surface area contributed by atoms with E-state index < -0.39 is 6.10 Å². The highest BCUT2D eigenvalue weighted by Gasteiger charge is 2.33. The summed E-state index contributed by atoms with van der Waals surface area (Å²) in [6.45, 7) is 0.762. The Morgan fingerprint density at radius 3 is 3.06 bits per heavy atom. The maximum atomic E-state index is 11.8. The van der Waals surface area contributed by atoms with Crippen LogP contribution in [0.1, 0.15) is 30.4 Å². The zero-order valence-corrected chi connectivity index (χ0v) is 10.4. The van der Waals surface area contributed by atoms with Crippen molar-refractivity contribution in [2.75, 3.05) is 6.61 Å². The third-order valence-electron chi connectivity index (χ3n) is 3.81. The Morgan fingerprint density at radius 2 is 2.28 bits per heavy atom. The van der Waals surface area contributed by atoms with E-state index >= 15 is 0 Å². The van der Waals surface area contributed by atoms with Gasteiger partial charge in [-0.1, -0.05) is 12.1 Å². The SMILES string of the molecule is O=C(CCc1ccc2c(c1)CCO2)C(O)C1CC1. The van der Waals surface area contributed by atoms with Crippen molar-refractivity contribution in [1.29, 1.82) is 0 Å². The molecule has 1 fully saturated rings. The van der Waals surface area contributed by atoms with Gasteiger partial charge in [0.05, 0.1) is 6.61 Å². The van der Waals surface area contributed by atoms with E-state index in [0.717, 1.165) is 43.6 Å². The van der Waals surface area contributed by atoms with Gasteiger partial charge >= 0.3 is 0 Å². The molecule has 0 aromatic heterocycles. The molecule has 0 saturated heterocycles. The van der Waals surface area contributed by atoms with Crippen LogP contribution < -0.4 is 4.74 Å². The molecule has 1 aliphatic heterocycles. The summed E-state index contributed by atoms with van der Waals surface area (Å²) in [6, 6.07) is 6.12. The van der Waals surface area contributed by atoms with Gasteiger partial charge in [-0.2, -0.15) is 0 Å². The van der Waals surface area contributed by atoms with Gasteiger partial charge in [0.2, 0.25) is 0 Å². The molecule has 1 aromatic rings. The van der Waals surface area contributed by atoms with Gasteiger partial charge in [0.15, 0.2) is 5.78 Å². The molecule has 1 unspecified atom stereocenters. The summed E-state index contributed by atoms with van der Waals surface area (Å²) < 4.78 is 5.45. The Hall–Kier alpha value is -1.35. The first-order valence-electron chi connectivity index (χ1n) is 6.69. The Kier molecular flexibility index (Phi) is 3.08. The van der Waals surface area contributed by atoms with Crippen molar-refractivity contribution in [3.63, 3.8) is 0 Å². The molecule has 96 valence electrons. The topological polar surface area (TPSA) is 46.5 Å². The molecule has 1 N–H and O–H groups in total.